The minimum Gasteiger partial charge on any atom is -0.475 e. The van der Waals surface area contributed by atoms with Gasteiger partial charge in [-0.1, -0.05) is 0 Å². The lowest BCUT2D eigenvalue weighted by molar-refractivity contribution is -0.115. The molecule has 3 rings (SSSR count). The fourth-order valence-electron chi connectivity index (χ4n) is 3.57. The Morgan fingerprint density at radius 3 is 2.62 bits per heavy atom. The third-order valence-electron chi connectivity index (χ3n) is 5.06. The molecule has 7 nitrogen and oxygen atoms in total. The maximum Gasteiger partial charge on any atom is 0.372 e. The lowest BCUT2D eigenvalue weighted by Crippen LogP contribution is -2.35. The monoisotopic (exact) mass is 361 g/mol. The van der Waals surface area contributed by atoms with Gasteiger partial charge in [0, 0.05) is 50.9 Å². The van der Waals surface area contributed by atoms with Gasteiger partial charge in [-0.25, -0.2) is 4.79 Å². The van der Waals surface area contributed by atoms with Crippen LogP contribution >= 0.6 is 0 Å². The van der Waals surface area contributed by atoms with E-state index in [1.165, 1.54) is 0 Å². The topological polar surface area (TPSA) is 89.2 Å². The van der Waals surface area contributed by atoms with E-state index in [0.717, 1.165) is 38.0 Å². The van der Waals surface area contributed by atoms with Crippen molar-refractivity contribution in [3.05, 3.63) is 29.5 Å². The van der Waals surface area contributed by atoms with Crippen molar-refractivity contribution in [2.75, 3.05) is 32.2 Å². The molecule has 0 radical (unpaired) electrons. The standard InChI is InChI=1S/C19H23NO6/c1-24-17(25-2)9-12-5-7-20(8-6-12)13-3-4-14-15(11-21)18(19(22)23)26-16(14)10-13/h3-4,10-12,17H,5-9H2,1-2H3,(H,22,23). The molecule has 2 aromatic rings. The van der Waals surface area contributed by atoms with Gasteiger partial charge in [-0.05, 0) is 30.9 Å². The number of ether oxygens (including phenoxy) is 2. The van der Waals surface area contributed by atoms with Crippen molar-refractivity contribution in [1.82, 2.24) is 0 Å². The van der Waals surface area contributed by atoms with E-state index < -0.39 is 5.97 Å². The Morgan fingerprint density at radius 1 is 1.35 bits per heavy atom. The van der Waals surface area contributed by atoms with Crippen LogP contribution in [0, 0.1) is 5.92 Å². The quantitative estimate of drug-likeness (QED) is 0.598. The average molecular weight is 361 g/mol. The summed E-state index contributed by atoms with van der Waals surface area (Å²) < 4.78 is 16.0. The highest BCUT2D eigenvalue weighted by molar-refractivity contribution is 6.06. The minimum absolute atomic E-state index is 0.0860. The molecule has 26 heavy (non-hydrogen) atoms. The Labute approximate surface area is 151 Å². The summed E-state index contributed by atoms with van der Waals surface area (Å²) in [4.78, 5) is 24.7. The van der Waals surface area contributed by atoms with Crippen molar-refractivity contribution in [1.29, 1.82) is 0 Å². The lowest BCUT2D eigenvalue weighted by atomic mass is 9.93. The summed E-state index contributed by atoms with van der Waals surface area (Å²) in [6.45, 7) is 1.78. The molecule has 1 aliphatic heterocycles. The molecule has 140 valence electrons. The van der Waals surface area contributed by atoms with Gasteiger partial charge in [-0.3, -0.25) is 4.79 Å². The van der Waals surface area contributed by atoms with Crippen LogP contribution in [0.25, 0.3) is 11.0 Å². The van der Waals surface area contributed by atoms with Crippen molar-refractivity contribution in [2.45, 2.75) is 25.6 Å². The number of carboxylic acids is 1. The zero-order valence-corrected chi connectivity index (χ0v) is 14.9. The van der Waals surface area contributed by atoms with E-state index in [9.17, 15) is 14.7 Å². The number of aromatic carboxylic acids is 1. The van der Waals surface area contributed by atoms with E-state index in [1.54, 1.807) is 20.3 Å². The third-order valence-corrected chi connectivity index (χ3v) is 5.06. The third kappa shape index (κ3) is 3.59. The predicted molar refractivity (Wildman–Crippen MR) is 95.9 cm³/mol. The van der Waals surface area contributed by atoms with Crippen LogP contribution in [-0.2, 0) is 9.47 Å². The first-order valence-electron chi connectivity index (χ1n) is 8.63. The van der Waals surface area contributed by atoms with Crippen molar-refractivity contribution in [3.8, 4) is 0 Å². The number of nitrogens with zero attached hydrogens (tertiary/aromatic N) is 1. The van der Waals surface area contributed by atoms with Crippen LogP contribution in [0.4, 0.5) is 5.69 Å². The van der Waals surface area contributed by atoms with Crippen molar-refractivity contribution in [3.63, 3.8) is 0 Å². The molecule has 0 amide bonds. The SMILES string of the molecule is COC(CC1CCN(c2ccc3c(C=O)c(C(=O)O)oc3c2)CC1)OC. The number of hydrogen-bond acceptors (Lipinski definition) is 6. The number of benzene rings is 1. The molecule has 1 aromatic heterocycles. The highest BCUT2D eigenvalue weighted by Crippen LogP contribution is 2.31. The van der Waals surface area contributed by atoms with Gasteiger partial charge in [0.05, 0.1) is 5.56 Å². The highest BCUT2D eigenvalue weighted by atomic mass is 16.7. The molecule has 0 saturated carbocycles. The molecule has 0 aliphatic carbocycles. The van der Waals surface area contributed by atoms with Gasteiger partial charge in [-0.2, -0.15) is 0 Å². The van der Waals surface area contributed by atoms with E-state index in [2.05, 4.69) is 4.90 Å². The van der Waals surface area contributed by atoms with E-state index in [1.807, 2.05) is 12.1 Å². The summed E-state index contributed by atoms with van der Waals surface area (Å²) in [6, 6.07) is 5.47. The molecule has 0 unspecified atom stereocenters. The van der Waals surface area contributed by atoms with Crippen LogP contribution in [0.1, 0.15) is 40.2 Å². The molecule has 1 fully saturated rings. The van der Waals surface area contributed by atoms with E-state index in [-0.39, 0.29) is 17.6 Å². The number of rotatable bonds is 7. The Hall–Kier alpha value is -2.38. The molecule has 7 heteroatoms. The van der Waals surface area contributed by atoms with Crippen LogP contribution < -0.4 is 4.90 Å². The van der Waals surface area contributed by atoms with Gasteiger partial charge in [0.25, 0.3) is 0 Å². The summed E-state index contributed by atoms with van der Waals surface area (Å²) >= 11 is 0. The number of hydrogen-bond donors (Lipinski definition) is 1. The van der Waals surface area contributed by atoms with Gasteiger partial charge in [-0.15, -0.1) is 0 Å². The molecule has 1 aliphatic rings. The van der Waals surface area contributed by atoms with Crippen LogP contribution in [0.15, 0.2) is 22.6 Å². The number of piperidine rings is 1. The molecular formula is C19H23NO6. The maximum absolute atomic E-state index is 11.2. The molecule has 1 aromatic carbocycles. The van der Waals surface area contributed by atoms with Gasteiger partial charge in [0.1, 0.15) is 5.58 Å². The second-order valence-electron chi connectivity index (χ2n) is 6.52. The maximum atomic E-state index is 11.2. The second kappa shape index (κ2) is 7.88. The van der Waals surface area contributed by atoms with Gasteiger partial charge in [0.15, 0.2) is 12.6 Å². The summed E-state index contributed by atoms with van der Waals surface area (Å²) in [7, 11) is 3.31. The number of carboxylic acid groups (broad SMARTS) is 1. The minimum atomic E-state index is -1.24. The number of fused-ring (bicyclic) bond motifs is 1. The first-order chi connectivity index (χ1) is 12.6. The Morgan fingerprint density at radius 2 is 2.04 bits per heavy atom. The first-order valence-corrected chi connectivity index (χ1v) is 8.63. The fraction of sp³-hybridized carbons (Fsp3) is 0.474. The average Bonchev–Trinajstić information content (AvgIpc) is 3.04. The van der Waals surface area contributed by atoms with Crippen molar-refractivity contribution >= 4 is 28.9 Å². The summed E-state index contributed by atoms with van der Waals surface area (Å²) in [5.74, 6) is -1.00. The fourth-order valence-corrected chi connectivity index (χ4v) is 3.57. The van der Waals surface area contributed by atoms with Crippen LogP contribution in [-0.4, -0.2) is 51.0 Å². The zero-order valence-electron chi connectivity index (χ0n) is 14.9. The first kappa shape index (κ1) is 18.4. The van der Waals surface area contributed by atoms with E-state index in [4.69, 9.17) is 13.9 Å². The number of carbonyl (C=O) groups is 2. The van der Waals surface area contributed by atoms with Gasteiger partial charge in [0.2, 0.25) is 5.76 Å². The molecule has 0 bridgehead atoms. The number of furan rings is 1. The zero-order chi connectivity index (χ0) is 18.7. The predicted octanol–water partition coefficient (Wildman–Crippen LogP) is 3.17. The number of carbonyl (C=O) groups excluding carboxylic acids is 1. The Bertz CT molecular complexity index is 787. The summed E-state index contributed by atoms with van der Waals surface area (Å²) in [6.07, 6.45) is 3.30. The molecule has 0 spiro atoms. The molecule has 1 saturated heterocycles. The Balaban J connectivity index is 1.74. The van der Waals surface area contributed by atoms with Crippen LogP contribution in [0.5, 0.6) is 0 Å². The highest BCUT2D eigenvalue weighted by Gasteiger charge is 2.24. The summed E-state index contributed by atoms with van der Waals surface area (Å²) in [5.41, 5.74) is 1.47. The molecule has 0 atom stereocenters. The second-order valence-corrected chi connectivity index (χ2v) is 6.52. The number of aldehydes is 1. The normalized spacial score (nSPS) is 15.7. The van der Waals surface area contributed by atoms with E-state index in [0.29, 0.717) is 23.2 Å². The smallest absolute Gasteiger partial charge is 0.372 e. The number of anilines is 1. The number of methoxy groups -OCH3 is 2. The van der Waals surface area contributed by atoms with E-state index >= 15 is 0 Å². The van der Waals surface area contributed by atoms with Gasteiger partial charge >= 0.3 is 5.97 Å². The van der Waals surface area contributed by atoms with Crippen molar-refractivity contribution in [2.24, 2.45) is 5.92 Å². The largest absolute Gasteiger partial charge is 0.475 e. The molecule has 1 N–H and O–H groups in total. The van der Waals surface area contributed by atoms with Crippen LogP contribution in [0.3, 0.4) is 0 Å². The molecular weight excluding hydrogens is 338 g/mol. The van der Waals surface area contributed by atoms with Crippen LogP contribution in [0.2, 0.25) is 0 Å². The Kier molecular flexibility index (Phi) is 5.58. The van der Waals surface area contributed by atoms with Crippen molar-refractivity contribution < 1.29 is 28.6 Å². The lowest BCUT2D eigenvalue weighted by Gasteiger charge is -2.34. The van der Waals surface area contributed by atoms with Gasteiger partial charge < -0.3 is 23.9 Å². The summed E-state index contributed by atoms with van der Waals surface area (Å²) in [5, 5.41) is 9.70. The molecule has 2 heterocycles.